The summed E-state index contributed by atoms with van der Waals surface area (Å²) in [7, 11) is -3.13. The molecule has 114 valence electrons. The van der Waals surface area contributed by atoms with Crippen LogP contribution in [0.5, 0.6) is 0 Å². The van der Waals surface area contributed by atoms with E-state index in [9.17, 15) is 23.1 Å². The third kappa shape index (κ3) is 3.13. The second-order valence-electron chi connectivity index (χ2n) is 5.78. The minimum absolute atomic E-state index is 0.0343. The standard InChI is InChI=1S/C13H21NO5S/c1-2-9-3-5-14(11(7-9)13(16)17)12(15)10-4-6-20(18,19)8-10/h9-11H,2-8H2,1H3,(H,16,17). The topological polar surface area (TPSA) is 91.8 Å². The fourth-order valence-corrected chi connectivity index (χ4v) is 4.86. The number of carboxylic acids is 1. The molecule has 2 saturated heterocycles. The van der Waals surface area contributed by atoms with Gasteiger partial charge in [0.15, 0.2) is 9.84 Å². The lowest BCUT2D eigenvalue weighted by atomic mass is 9.88. The van der Waals surface area contributed by atoms with E-state index in [0.29, 0.717) is 25.3 Å². The van der Waals surface area contributed by atoms with Crippen molar-refractivity contribution in [3.8, 4) is 0 Å². The molecule has 0 saturated carbocycles. The van der Waals surface area contributed by atoms with Gasteiger partial charge in [-0.1, -0.05) is 13.3 Å². The Morgan fingerprint density at radius 2 is 2.00 bits per heavy atom. The van der Waals surface area contributed by atoms with Gasteiger partial charge in [0.2, 0.25) is 5.91 Å². The molecule has 2 aliphatic heterocycles. The molecule has 3 unspecified atom stereocenters. The van der Waals surface area contributed by atoms with Crippen LogP contribution in [0.15, 0.2) is 0 Å². The first-order valence-corrected chi connectivity index (χ1v) is 8.90. The van der Waals surface area contributed by atoms with Crippen LogP contribution in [-0.4, -0.2) is 54.4 Å². The molecule has 2 rings (SSSR count). The Morgan fingerprint density at radius 1 is 1.30 bits per heavy atom. The van der Waals surface area contributed by atoms with Crippen LogP contribution in [0.3, 0.4) is 0 Å². The average molecular weight is 303 g/mol. The van der Waals surface area contributed by atoms with Gasteiger partial charge in [0.1, 0.15) is 6.04 Å². The Hall–Kier alpha value is -1.11. The number of likely N-dealkylation sites (tertiary alicyclic amines) is 1. The molecule has 0 spiro atoms. The molecule has 1 amide bonds. The third-order valence-electron chi connectivity index (χ3n) is 4.44. The monoisotopic (exact) mass is 303 g/mol. The summed E-state index contributed by atoms with van der Waals surface area (Å²) in [6, 6.07) is -0.801. The number of nitrogens with zero attached hydrogens (tertiary/aromatic N) is 1. The predicted molar refractivity (Wildman–Crippen MR) is 72.9 cm³/mol. The third-order valence-corrected chi connectivity index (χ3v) is 6.21. The van der Waals surface area contributed by atoms with Gasteiger partial charge < -0.3 is 10.0 Å². The van der Waals surface area contributed by atoms with E-state index in [4.69, 9.17) is 0 Å². The van der Waals surface area contributed by atoms with Crippen LogP contribution in [0.4, 0.5) is 0 Å². The zero-order chi connectivity index (χ0) is 14.9. The number of hydrogen-bond acceptors (Lipinski definition) is 4. The summed E-state index contributed by atoms with van der Waals surface area (Å²) < 4.78 is 22.9. The molecular formula is C13H21NO5S. The summed E-state index contributed by atoms with van der Waals surface area (Å²) in [5.74, 6) is -1.61. The molecule has 0 aromatic rings. The Kier molecular flexibility index (Phi) is 4.36. The molecular weight excluding hydrogens is 282 g/mol. The van der Waals surface area contributed by atoms with Crippen LogP contribution in [0.2, 0.25) is 0 Å². The summed E-state index contributed by atoms with van der Waals surface area (Å²) in [5.41, 5.74) is 0. The summed E-state index contributed by atoms with van der Waals surface area (Å²) >= 11 is 0. The van der Waals surface area contributed by atoms with Gasteiger partial charge in [-0.05, 0) is 25.2 Å². The molecule has 0 aliphatic carbocycles. The zero-order valence-corrected chi connectivity index (χ0v) is 12.4. The van der Waals surface area contributed by atoms with Crippen LogP contribution >= 0.6 is 0 Å². The van der Waals surface area contributed by atoms with Crippen molar-refractivity contribution in [1.29, 1.82) is 0 Å². The Labute approximate surface area is 119 Å². The highest BCUT2D eigenvalue weighted by Gasteiger charge is 2.41. The van der Waals surface area contributed by atoms with Crippen molar-refractivity contribution in [3.63, 3.8) is 0 Å². The maximum atomic E-state index is 12.4. The van der Waals surface area contributed by atoms with Crippen molar-refractivity contribution in [3.05, 3.63) is 0 Å². The largest absolute Gasteiger partial charge is 0.480 e. The lowest BCUT2D eigenvalue weighted by molar-refractivity contribution is -0.154. The van der Waals surface area contributed by atoms with Gasteiger partial charge in [-0.15, -0.1) is 0 Å². The first-order chi connectivity index (χ1) is 9.34. The van der Waals surface area contributed by atoms with Gasteiger partial charge >= 0.3 is 5.97 Å². The van der Waals surface area contributed by atoms with Gasteiger partial charge in [0, 0.05) is 6.54 Å². The van der Waals surface area contributed by atoms with Crippen molar-refractivity contribution in [2.45, 2.75) is 38.6 Å². The number of aliphatic carboxylic acids is 1. The molecule has 6 nitrogen and oxygen atoms in total. The Morgan fingerprint density at radius 3 is 2.50 bits per heavy atom. The highest BCUT2D eigenvalue weighted by Crippen LogP contribution is 2.29. The van der Waals surface area contributed by atoms with Crippen molar-refractivity contribution >= 4 is 21.7 Å². The van der Waals surface area contributed by atoms with E-state index in [0.717, 1.165) is 12.8 Å². The average Bonchev–Trinajstić information content (AvgIpc) is 2.77. The molecule has 1 N–H and O–H groups in total. The molecule has 2 heterocycles. The number of rotatable bonds is 3. The highest BCUT2D eigenvalue weighted by molar-refractivity contribution is 7.91. The SMILES string of the molecule is CCC1CCN(C(=O)C2CCS(=O)(=O)C2)C(C(=O)O)C1. The van der Waals surface area contributed by atoms with Crippen LogP contribution < -0.4 is 0 Å². The van der Waals surface area contributed by atoms with Gasteiger partial charge in [0.05, 0.1) is 17.4 Å². The number of amides is 1. The lowest BCUT2D eigenvalue weighted by Gasteiger charge is -2.38. The minimum atomic E-state index is -3.13. The quantitative estimate of drug-likeness (QED) is 0.821. The highest BCUT2D eigenvalue weighted by atomic mass is 32.2. The van der Waals surface area contributed by atoms with Crippen LogP contribution in [0.25, 0.3) is 0 Å². The number of piperidine rings is 1. The van der Waals surface area contributed by atoms with E-state index in [2.05, 4.69) is 0 Å². The van der Waals surface area contributed by atoms with E-state index >= 15 is 0 Å². The number of carbonyl (C=O) groups is 2. The lowest BCUT2D eigenvalue weighted by Crippen LogP contribution is -2.52. The molecule has 20 heavy (non-hydrogen) atoms. The second-order valence-corrected chi connectivity index (χ2v) is 8.01. The Bertz CT molecular complexity index is 501. The molecule has 0 bridgehead atoms. The van der Waals surface area contributed by atoms with Gasteiger partial charge in [-0.2, -0.15) is 0 Å². The Balaban J connectivity index is 2.10. The normalized spacial score (nSPS) is 33.0. The van der Waals surface area contributed by atoms with Gasteiger partial charge in [-0.25, -0.2) is 13.2 Å². The smallest absolute Gasteiger partial charge is 0.326 e. The van der Waals surface area contributed by atoms with Crippen molar-refractivity contribution in [2.75, 3.05) is 18.1 Å². The summed E-state index contributed by atoms with van der Waals surface area (Å²) in [6.07, 6.45) is 2.49. The molecule has 2 fully saturated rings. The molecule has 3 atom stereocenters. The van der Waals surface area contributed by atoms with Crippen LogP contribution in [0, 0.1) is 11.8 Å². The van der Waals surface area contributed by atoms with E-state index < -0.39 is 27.8 Å². The zero-order valence-electron chi connectivity index (χ0n) is 11.6. The number of hydrogen-bond donors (Lipinski definition) is 1. The maximum absolute atomic E-state index is 12.4. The minimum Gasteiger partial charge on any atom is -0.480 e. The van der Waals surface area contributed by atoms with Crippen molar-refractivity contribution in [1.82, 2.24) is 4.90 Å². The summed E-state index contributed by atoms with van der Waals surface area (Å²) in [5, 5.41) is 9.30. The molecule has 2 aliphatic rings. The number of carbonyl (C=O) groups excluding carboxylic acids is 1. The van der Waals surface area contributed by atoms with Crippen LogP contribution in [0.1, 0.15) is 32.6 Å². The van der Waals surface area contributed by atoms with E-state index in [-0.39, 0.29) is 17.4 Å². The van der Waals surface area contributed by atoms with E-state index in [1.165, 1.54) is 4.90 Å². The fraction of sp³-hybridized carbons (Fsp3) is 0.846. The maximum Gasteiger partial charge on any atom is 0.326 e. The molecule has 0 aromatic carbocycles. The molecule has 0 aromatic heterocycles. The molecule has 0 radical (unpaired) electrons. The van der Waals surface area contributed by atoms with Crippen molar-refractivity contribution < 1.29 is 23.1 Å². The summed E-state index contributed by atoms with van der Waals surface area (Å²) in [6.45, 7) is 2.44. The van der Waals surface area contributed by atoms with E-state index in [1.54, 1.807) is 0 Å². The van der Waals surface area contributed by atoms with Crippen LogP contribution in [-0.2, 0) is 19.4 Å². The summed E-state index contributed by atoms with van der Waals surface area (Å²) in [4.78, 5) is 25.1. The van der Waals surface area contributed by atoms with Crippen molar-refractivity contribution in [2.24, 2.45) is 11.8 Å². The second kappa shape index (κ2) is 5.71. The number of sulfone groups is 1. The fourth-order valence-electron chi connectivity index (χ4n) is 3.13. The first-order valence-electron chi connectivity index (χ1n) is 7.07. The first kappa shape index (κ1) is 15.3. The van der Waals surface area contributed by atoms with Gasteiger partial charge in [0.25, 0.3) is 0 Å². The van der Waals surface area contributed by atoms with E-state index in [1.807, 2.05) is 6.92 Å². The number of carboxylic acid groups (broad SMARTS) is 1. The van der Waals surface area contributed by atoms with Gasteiger partial charge in [-0.3, -0.25) is 4.79 Å². The predicted octanol–water partition coefficient (Wildman–Crippen LogP) is 0.523. The molecule has 7 heteroatoms.